The van der Waals surface area contributed by atoms with E-state index in [2.05, 4.69) is 0 Å². The van der Waals surface area contributed by atoms with Gasteiger partial charge >= 0.3 is 0 Å². The third-order valence-electron chi connectivity index (χ3n) is 4.52. The summed E-state index contributed by atoms with van der Waals surface area (Å²) in [6, 6.07) is 6.93. The third-order valence-corrected chi connectivity index (χ3v) is 4.52. The number of aryl methyl sites for hydroxylation is 1. The van der Waals surface area contributed by atoms with Crippen LogP contribution in [0.3, 0.4) is 0 Å². The number of aliphatic hydroxyl groups excluding tert-OH is 4. The van der Waals surface area contributed by atoms with Crippen molar-refractivity contribution in [1.29, 1.82) is 0 Å². The lowest BCUT2D eigenvalue weighted by molar-refractivity contribution is -0.242. The molecule has 0 radical (unpaired) electrons. The molecule has 0 amide bonds. The molecule has 2 heterocycles. The van der Waals surface area contributed by atoms with E-state index in [0.717, 1.165) is 5.56 Å². The second-order valence-corrected chi connectivity index (χ2v) is 6.11. The molecule has 1 fully saturated rings. The van der Waals surface area contributed by atoms with Gasteiger partial charge in [-0.3, -0.25) is 4.79 Å². The van der Waals surface area contributed by atoms with E-state index in [1.165, 1.54) is 0 Å². The summed E-state index contributed by atoms with van der Waals surface area (Å²) in [7, 11) is 0. The zero-order valence-electron chi connectivity index (χ0n) is 12.8. The Kier molecular flexibility index (Phi) is 4.60. The topological polar surface area (TPSA) is 137 Å². The maximum atomic E-state index is 12.7. The quantitative estimate of drug-likeness (QED) is 0.431. The molecule has 1 aromatic carbocycles. The van der Waals surface area contributed by atoms with Gasteiger partial charge in [-0.1, -0.05) is 18.2 Å². The highest BCUT2D eigenvalue weighted by atomic mass is 16.6. The number of benzene rings is 1. The van der Waals surface area contributed by atoms with Crippen molar-refractivity contribution in [3.05, 3.63) is 29.8 Å². The minimum absolute atomic E-state index is 0.0438. The lowest BCUT2D eigenvalue weighted by Gasteiger charge is -2.42. The Morgan fingerprint density at radius 3 is 2.58 bits per heavy atom. The first-order valence-electron chi connectivity index (χ1n) is 7.71. The van der Waals surface area contributed by atoms with Gasteiger partial charge in [0.05, 0.1) is 6.61 Å². The molecular weight excluding hydrogens is 320 g/mol. The summed E-state index contributed by atoms with van der Waals surface area (Å²) in [5.74, 6) is -2.83. The second kappa shape index (κ2) is 6.40. The molecular formula is C16H20O8. The number of carbonyl (C=O) groups is 1. The van der Waals surface area contributed by atoms with Crippen LogP contribution in [0.4, 0.5) is 0 Å². The summed E-state index contributed by atoms with van der Waals surface area (Å²) in [6.07, 6.45) is -7.53. The van der Waals surface area contributed by atoms with Gasteiger partial charge in [-0.05, 0) is 18.1 Å². The number of aliphatic hydroxyl groups is 5. The Bertz CT molecular complexity index is 618. The van der Waals surface area contributed by atoms with Gasteiger partial charge in [0, 0.05) is 6.42 Å². The van der Waals surface area contributed by atoms with Crippen LogP contribution < -0.4 is 4.74 Å². The molecule has 0 saturated carbocycles. The fraction of sp³-hybridized carbons (Fsp3) is 0.562. The first-order valence-corrected chi connectivity index (χ1v) is 7.71. The van der Waals surface area contributed by atoms with Gasteiger partial charge in [-0.15, -0.1) is 0 Å². The van der Waals surface area contributed by atoms with E-state index >= 15 is 0 Å². The molecule has 8 heteroatoms. The summed E-state index contributed by atoms with van der Waals surface area (Å²) in [5.41, 5.74) is 0.837. The molecule has 0 aliphatic carbocycles. The van der Waals surface area contributed by atoms with E-state index in [4.69, 9.17) is 9.47 Å². The van der Waals surface area contributed by atoms with Crippen LogP contribution in [0.5, 0.6) is 5.75 Å². The van der Waals surface area contributed by atoms with Crippen LogP contribution in [-0.2, 0) is 16.0 Å². The average molecular weight is 340 g/mol. The van der Waals surface area contributed by atoms with Crippen LogP contribution in [-0.4, -0.2) is 74.2 Å². The third kappa shape index (κ3) is 2.81. The normalized spacial score (nSPS) is 39.0. The smallest absolute Gasteiger partial charge is 0.271 e. The molecule has 2 aliphatic heterocycles. The summed E-state index contributed by atoms with van der Waals surface area (Å²) in [5, 5.41) is 49.4. The lowest BCUT2D eigenvalue weighted by Crippen LogP contribution is -2.65. The number of fused-ring (bicyclic) bond motifs is 1. The second-order valence-electron chi connectivity index (χ2n) is 6.11. The Morgan fingerprint density at radius 2 is 1.88 bits per heavy atom. The van der Waals surface area contributed by atoms with Gasteiger partial charge in [0.1, 0.15) is 30.2 Å². The molecule has 24 heavy (non-hydrogen) atoms. The number of Topliss-reactive ketones (excluding diaryl/α,β-unsaturated/α-hetero) is 1. The van der Waals surface area contributed by atoms with Crippen molar-refractivity contribution in [2.24, 2.45) is 0 Å². The fourth-order valence-electron chi connectivity index (χ4n) is 3.06. The van der Waals surface area contributed by atoms with Gasteiger partial charge in [-0.2, -0.15) is 0 Å². The standard InChI is InChI=1S/C16H20O8/c17-7-10-11(18)12(19)13(20)14(23-10)15(21)16(22)6-5-8-3-1-2-4-9(8)24-16/h1-4,10-14,17-20,22H,5-7H2/t10-,11-,12+,13-,14-,16?/m1/s1. The molecule has 0 bridgehead atoms. The predicted octanol–water partition coefficient (Wildman–Crippen LogP) is -1.89. The van der Waals surface area contributed by atoms with Crippen molar-refractivity contribution < 1.29 is 39.8 Å². The summed E-state index contributed by atoms with van der Waals surface area (Å²) in [4.78, 5) is 12.7. The number of rotatable bonds is 3. The molecule has 132 valence electrons. The maximum absolute atomic E-state index is 12.7. The van der Waals surface area contributed by atoms with Crippen molar-refractivity contribution in [2.45, 2.75) is 49.1 Å². The summed E-state index contributed by atoms with van der Waals surface area (Å²) < 4.78 is 10.6. The summed E-state index contributed by atoms with van der Waals surface area (Å²) in [6.45, 7) is -0.656. The van der Waals surface area contributed by atoms with E-state index in [0.29, 0.717) is 12.2 Å². The number of hydrogen-bond acceptors (Lipinski definition) is 8. The predicted molar refractivity (Wildman–Crippen MR) is 79.1 cm³/mol. The highest BCUT2D eigenvalue weighted by Gasteiger charge is 2.53. The average Bonchev–Trinajstić information content (AvgIpc) is 2.59. The van der Waals surface area contributed by atoms with Gasteiger partial charge < -0.3 is 35.0 Å². The SMILES string of the molecule is O=C([C@@H]1O[C@H](CO)[C@@H](O)[C@H](O)[C@H]1O)C1(O)CCc2ccccc2O1. The molecule has 1 saturated heterocycles. The van der Waals surface area contributed by atoms with Crippen LogP contribution in [0.1, 0.15) is 12.0 Å². The molecule has 6 atom stereocenters. The molecule has 1 aromatic rings. The summed E-state index contributed by atoms with van der Waals surface area (Å²) >= 11 is 0. The van der Waals surface area contributed by atoms with Crippen LogP contribution in [0.25, 0.3) is 0 Å². The van der Waals surface area contributed by atoms with Crippen molar-refractivity contribution >= 4 is 5.78 Å². The number of carbonyl (C=O) groups excluding carboxylic acids is 1. The van der Waals surface area contributed by atoms with Crippen molar-refractivity contribution in [3.8, 4) is 5.75 Å². The highest BCUT2D eigenvalue weighted by molar-refractivity contribution is 5.91. The molecule has 5 N–H and O–H groups in total. The largest absolute Gasteiger partial charge is 0.455 e. The maximum Gasteiger partial charge on any atom is 0.271 e. The van der Waals surface area contributed by atoms with E-state index in [9.17, 15) is 30.3 Å². The van der Waals surface area contributed by atoms with Gasteiger partial charge in [0.15, 0.2) is 6.10 Å². The molecule has 1 unspecified atom stereocenters. The number of ether oxygens (including phenoxy) is 2. The van der Waals surface area contributed by atoms with Gasteiger partial charge in [0.2, 0.25) is 5.78 Å². The molecule has 3 rings (SSSR count). The van der Waals surface area contributed by atoms with Crippen LogP contribution in [0, 0.1) is 0 Å². The van der Waals surface area contributed by atoms with E-state index < -0.39 is 48.7 Å². The first-order chi connectivity index (χ1) is 11.4. The fourth-order valence-corrected chi connectivity index (χ4v) is 3.06. The minimum Gasteiger partial charge on any atom is -0.455 e. The molecule has 2 aliphatic rings. The Hall–Kier alpha value is -1.55. The zero-order valence-corrected chi connectivity index (χ0v) is 12.8. The minimum atomic E-state index is -2.22. The van der Waals surface area contributed by atoms with Crippen LogP contribution in [0.2, 0.25) is 0 Å². The van der Waals surface area contributed by atoms with Crippen LogP contribution >= 0.6 is 0 Å². The Labute approximate surface area is 137 Å². The molecule has 8 nitrogen and oxygen atoms in total. The monoisotopic (exact) mass is 340 g/mol. The van der Waals surface area contributed by atoms with Crippen molar-refractivity contribution in [2.75, 3.05) is 6.61 Å². The Morgan fingerprint density at radius 1 is 1.17 bits per heavy atom. The van der Waals surface area contributed by atoms with E-state index in [1.54, 1.807) is 12.1 Å². The number of para-hydroxylation sites is 1. The number of hydrogen-bond donors (Lipinski definition) is 5. The molecule has 0 aromatic heterocycles. The van der Waals surface area contributed by atoms with E-state index in [1.807, 2.05) is 12.1 Å². The first kappa shape index (κ1) is 17.3. The van der Waals surface area contributed by atoms with Gasteiger partial charge in [-0.25, -0.2) is 0 Å². The van der Waals surface area contributed by atoms with E-state index in [-0.39, 0.29) is 6.42 Å². The zero-order chi connectivity index (χ0) is 17.5. The highest BCUT2D eigenvalue weighted by Crippen LogP contribution is 2.35. The number of ketones is 1. The Balaban J connectivity index is 1.83. The molecule has 0 spiro atoms. The van der Waals surface area contributed by atoms with Gasteiger partial charge in [0.25, 0.3) is 5.79 Å². The van der Waals surface area contributed by atoms with Crippen LogP contribution in [0.15, 0.2) is 24.3 Å². The lowest BCUT2D eigenvalue weighted by atomic mass is 9.87. The van der Waals surface area contributed by atoms with Crippen molar-refractivity contribution in [1.82, 2.24) is 0 Å². The van der Waals surface area contributed by atoms with Crippen molar-refractivity contribution in [3.63, 3.8) is 0 Å².